The Bertz CT molecular complexity index is 397. The highest BCUT2D eigenvalue weighted by Gasteiger charge is 1.98. The zero-order valence-electron chi connectivity index (χ0n) is 7.97. The highest BCUT2D eigenvalue weighted by atomic mass is 32.2. The summed E-state index contributed by atoms with van der Waals surface area (Å²) in [5.41, 5.74) is 3.62. The molecule has 0 unspecified atom stereocenters. The molecular weight excluding hydrogens is 210 g/mol. The lowest BCUT2D eigenvalue weighted by Crippen LogP contribution is -2.08. The van der Waals surface area contributed by atoms with Gasteiger partial charge in [-0.15, -0.1) is 0 Å². The van der Waals surface area contributed by atoms with E-state index in [-0.39, 0.29) is 0 Å². The van der Waals surface area contributed by atoms with Gasteiger partial charge >= 0.3 is 0 Å². The van der Waals surface area contributed by atoms with Crippen LogP contribution in [0.2, 0.25) is 0 Å². The number of imidazole rings is 1. The Hall–Kier alpha value is -1.53. The number of hydrazine groups is 1. The fourth-order valence-electron chi connectivity index (χ4n) is 1.08. The second kappa shape index (κ2) is 4.81. The summed E-state index contributed by atoms with van der Waals surface area (Å²) >= 11 is 1.64. The van der Waals surface area contributed by atoms with Crippen LogP contribution < -0.4 is 11.3 Å². The molecule has 0 fully saturated rings. The summed E-state index contributed by atoms with van der Waals surface area (Å²) in [4.78, 5) is 11.3. The molecule has 0 amide bonds. The highest BCUT2D eigenvalue weighted by molar-refractivity contribution is 7.98. The van der Waals surface area contributed by atoms with E-state index in [1.165, 1.54) is 0 Å². The van der Waals surface area contributed by atoms with Gasteiger partial charge in [0.1, 0.15) is 5.82 Å². The van der Waals surface area contributed by atoms with E-state index in [1.807, 2.05) is 18.3 Å². The maximum Gasteiger partial charge on any atom is 0.165 e. The van der Waals surface area contributed by atoms with Gasteiger partial charge < -0.3 is 10.4 Å². The van der Waals surface area contributed by atoms with Crippen LogP contribution in [-0.2, 0) is 5.75 Å². The number of H-pyrrole nitrogens is 1. The molecule has 0 spiro atoms. The van der Waals surface area contributed by atoms with Crippen LogP contribution in [0.5, 0.6) is 0 Å². The number of hydrogen-bond donors (Lipinski definition) is 3. The summed E-state index contributed by atoms with van der Waals surface area (Å²) in [5, 5.41) is 0.913. The standard InChI is InChI=1S/C9H11N5S/c10-14-8-2-1-7(5-13-8)6-15-9-11-3-4-12-9/h1-5H,6,10H2,(H,11,12)(H,13,14). The van der Waals surface area contributed by atoms with Crippen LogP contribution in [0, 0.1) is 0 Å². The lowest BCUT2D eigenvalue weighted by Gasteiger charge is -2.01. The average Bonchev–Trinajstić information content (AvgIpc) is 2.80. The number of anilines is 1. The summed E-state index contributed by atoms with van der Waals surface area (Å²) in [6.07, 6.45) is 5.34. The number of nitrogens with two attached hydrogens (primary N) is 1. The van der Waals surface area contributed by atoms with Crippen LogP contribution in [0.15, 0.2) is 35.9 Å². The number of aromatic amines is 1. The Kier molecular flexibility index (Phi) is 3.21. The molecule has 0 bridgehead atoms. The summed E-state index contributed by atoms with van der Waals surface area (Å²) in [5.74, 6) is 6.73. The molecule has 0 radical (unpaired) electrons. The molecule has 2 rings (SSSR count). The fourth-order valence-corrected chi connectivity index (χ4v) is 1.84. The van der Waals surface area contributed by atoms with Crippen LogP contribution in [0.1, 0.15) is 5.56 Å². The van der Waals surface area contributed by atoms with Crippen molar-refractivity contribution in [2.75, 3.05) is 5.43 Å². The zero-order valence-corrected chi connectivity index (χ0v) is 8.79. The Morgan fingerprint density at radius 2 is 2.33 bits per heavy atom. The van der Waals surface area contributed by atoms with Crippen molar-refractivity contribution in [2.45, 2.75) is 10.9 Å². The van der Waals surface area contributed by atoms with E-state index in [0.29, 0.717) is 5.82 Å². The van der Waals surface area contributed by atoms with Gasteiger partial charge in [-0.3, -0.25) is 0 Å². The SMILES string of the molecule is NNc1ccc(CSc2ncc[nH]2)cn1. The third-order valence-corrected chi connectivity index (χ3v) is 2.80. The van der Waals surface area contributed by atoms with Crippen molar-refractivity contribution in [3.8, 4) is 0 Å². The molecular formula is C9H11N5S. The van der Waals surface area contributed by atoms with Crippen molar-refractivity contribution >= 4 is 17.6 Å². The van der Waals surface area contributed by atoms with Gasteiger partial charge in [-0.25, -0.2) is 15.8 Å². The van der Waals surface area contributed by atoms with Crippen molar-refractivity contribution in [3.05, 3.63) is 36.3 Å². The van der Waals surface area contributed by atoms with Crippen LogP contribution in [-0.4, -0.2) is 15.0 Å². The molecule has 0 aromatic carbocycles. The molecule has 5 nitrogen and oxygen atoms in total. The van der Waals surface area contributed by atoms with E-state index < -0.39 is 0 Å². The first-order chi connectivity index (χ1) is 7.38. The molecule has 78 valence electrons. The molecule has 2 aromatic rings. The van der Waals surface area contributed by atoms with Crippen molar-refractivity contribution in [2.24, 2.45) is 5.84 Å². The van der Waals surface area contributed by atoms with E-state index in [9.17, 15) is 0 Å². The smallest absolute Gasteiger partial charge is 0.165 e. The fraction of sp³-hybridized carbons (Fsp3) is 0.111. The molecule has 0 atom stereocenters. The maximum atomic E-state index is 5.22. The molecule has 0 saturated heterocycles. The van der Waals surface area contributed by atoms with Gasteiger partial charge in [0.2, 0.25) is 0 Å². The molecule has 0 aliphatic heterocycles. The maximum absolute atomic E-state index is 5.22. The van der Waals surface area contributed by atoms with Gasteiger partial charge in [0, 0.05) is 24.3 Å². The van der Waals surface area contributed by atoms with Gasteiger partial charge in [0.25, 0.3) is 0 Å². The number of nitrogens with zero attached hydrogens (tertiary/aromatic N) is 2. The number of pyridine rings is 1. The van der Waals surface area contributed by atoms with E-state index in [1.54, 1.807) is 24.2 Å². The van der Waals surface area contributed by atoms with Crippen LogP contribution in [0.3, 0.4) is 0 Å². The minimum absolute atomic E-state index is 0.668. The molecule has 15 heavy (non-hydrogen) atoms. The quantitative estimate of drug-likeness (QED) is 0.413. The second-order valence-electron chi connectivity index (χ2n) is 2.88. The minimum atomic E-state index is 0.668. The van der Waals surface area contributed by atoms with Gasteiger partial charge in [-0.1, -0.05) is 17.8 Å². The minimum Gasteiger partial charge on any atom is -0.340 e. The highest BCUT2D eigenvalue weighted by Crippen LogP contribution is 2.18. The number of nitrogen functional groups attached to an aromatic ring is 1. The third kappa shape index (κ3) is 2.71. The zero-order chi connectivity index (χ0) is 10.5. The average molecular weight is 221 g/mol. The Labute approximate surface area is 91.5 Å². The van der Waals surface area contributed by atoms with Crippen LogP contribution in [0.25, 0.3) is 0 Å². The van der Waals surface area contributed by atoms with Crippen molar-refractivity contribution in [1.82, 2.24) is 15.0 Å². The number of hydrogen-bond acceptors (Lipinski definition) is 5. The van der Waals surface area contributed by atoms with Crippen LogP contribution in [0.4, 0.5) is 5.82 Å². The lowest BCUT2D eigenvalue weighted by molar-refractivity contribution is 1.06. The number of rotatable bonds is 4. The monoisotopic (exact) mass is 221 g/mol. The predicted molar refractivity (Wildman–Crippen MR) is 60.2 cm³/mol. The molecule has 4 N–H and O–H groups in total. The van der Waals surface area contributed by atoms with Gasteiger partial charge in [-0.2, -0.15) is 0 Å². The molecule has 0 saturated carbocycles. The van der Waals surface area contributed by atoms with Crippen molar-refractivity contribution < 1.29 is 0 Å². The Morgan fingerprint density at radius 3 is 2.93 bits per heavy atom. The predicted octanol–water partition coefficient (Wildman–Crippen LogP) is 1.38. The number of nitrogens with one attached hydrogen (secondary N) is 2. The molecule has 2 heterocycles. The first kappa shape index (κ1) is 10.0. The van der Waals surface area contributed by atoms with E-state index in [2.05, 4.69) is 20.4 Å². The number of thioether (sulfide) groups is 1. The summed E-state index contributed by atoms with van der Waals surface area (Å²) < 4.78 is 0. The Balaban J connectivity index is 1.93. The molecule has 6 heteroatoms. The van der Waals surface area contributed by atoms with Gasteiger partial charge in [0.05, 0.1) is 0 Å². The summed E-state index contributed by atoms with van der Waals surface area (Å²) in [7, 11) is 0. The topological polar surface area (TPSA) is 79.6 Å². The molecule has 0 aliphatic carbocycles. The second-order valence-corrected chi connectivity index (χ2v) is 3.84. The largest absolute Gasteiger partial charge is 0.340 e. The normalized spacial score (nSPS) is 10.2. The van der Waals surface area contributed by atoms with E-state index in [4.69, 9.17) is 5.84 Å². The first-order valence-electron chi connectivity index (χ1n) is 4.42. The van der Waals surface area contributed by atoms with Crippen LogP contribution >= 0.6 is 11.8 Å². The van der Waals surface area contributed by atoms with Crippen molar-refractivity contribution in [1.29, 1.82) is 0 Å². The van der Waals surface area contributed by atoms with Crippen molar-refractivity contribution in [3.63, 3.8) is 0 Å². The Morgan fingerprint density at radius 1 is 1.40 bits per heavy atom. The van der Waals surface area contributed by atoms with Gasteiger partial charge in [-0.05, 0) is 11.6 Å². The third-order valence-electron chi connectivity index (χ3n) is 1.82. The summed E-state index contributed by atoms with van der Waals surface area (Å²) in [6, 6.07) is 3.83. The first-order valence-corrected chi connectivity index (χ1v) is 5.41. The van der Waals surface area contributed by atoms with E-state index >= 15 is 0 Å². The van der Waals surface area contributed by atoms with E-state index in [0.717, 1.165) is 16.5 Å². The lowest BCUT2D eigenvalue weighted by atomic mass is 10.3. The summed E-state index contributed by atoms with van der Waals surface area (Å²) in [6.45, 7) is 0. The number of aromatic nitrogens is 3. The molecule has 2 aromatic heterocycles. The molecule has 0 aliphatic rings. The van der Waals surface area contributed by atoms with Gasteiger partial charge in [0.15, 0.2) is 5.16 Å².